The zero-order chi connectivity index (χ0) is 14.8. The fourth-order valence-corrected chi connectivity index (χ4v) is 4.88. The SMILES string of the molecule is [S-]C1CCS1.[S-]C1CCS1.[S-]C1CCS1.[S-]C1CCS1.[Zr+4]. The van der Waals surface area contributed by atoms with Gasteiger partial charge in [0.25, 0.3) is 0 Å². The van der Waals surface area contributed by atoms with Crippen molar-refractivity contribution in [2.75, 3.05) is 23.0 Å². The molecule has 4 heterocycles. The number of rotatable bonds is 0. The van der Waals surface area contributed by atoms with Crippen LogP contribution in [0.15, 0.2) is 0 Å². The van der Waals surface area contributed by atoms with Crippen LogP contribution in [0, 0.1) is 0 Å². The van der Waals surface area contributed by atoms with Crippen LogP contribution in [0.25, 0.3) is 0 Å². The van der Waals surface area contributed by atoms with Crippen LogP contribution in [-0.4, -0.2) is 41.3 Å². The third-order valence-electron chi connectivity index (χ3n) is 2.63. The Morgan fingerprint density at radius 2 is 0.571 bits per heavy atom. The van der Waals surface area contributed by atoms with Crippen molar-refractivity contribution in [1.29, 1.82) is 0 Å². The minimum atomic E-state index is 0. The maximum Gasteiger partial charge on any atom is 4.00 e. The summed E-state index contributed by atoms with van der Waals surface area (Å²) in [6.45, 7) is 0. The largest absolute Gasteiger partial charge is 4.00 e. The normalized spacial score (nSPS) is 34.9. The maximum absolute atomic E-state index is 4.83. The zero-order valence-electron chi connectivity index (χ0n) is 11.7. The van der Waals surface area contributed by atoms with Crippen molar-refractivity contribution in [3.05, 3.63) is 0 Å². The average molecular weight is 512 g/mol. The van der Waals surface area contributed by atoms with E-state index < -0.39 is 0 Å². The first-order valence-corrected chi connectivity index (χ1v) is 12.8. The van der Waals surface area contributed by atoms with Crippen LogP contribution in [0.2, 0.25) is 0 Å². The van der Waals surface area contributed by atoms with Gasteiger partial charge in [-0.05, 0) is 23.0 Å². The van der Waals surface area contributed by atoms with Crippen molar-refractivity contribution in [2.24, 2.45) is 0 Å². The van der Waals surface area contributed by atoms with Crippen molar-refractivity contribution in [3.8, 4) is 0 Å². The smallest absolute Gasteiger partial charge is 0.779 e. The average Bonchev–Trinajstić information content (AvgIpc) is 2.31. The van der Waals surface area contributed by atoms with Crippen molar-refractivity contribution >= 4 is 97.6 Å². The van der Waals surface area contributed by atoms with E-state index in [1.54, 1.807) is 0 Å². The predicted octanol–water partition coefficient (Wildman–Crippen LogP) is 3.98. The van der Waals surface area contributed by atoms with Gasteiger partial charge >= 0.3 is 26.2 Å². The first-order chi connectivity index (χ1) is 9.58. The van der Waals surface area contributed by atoms with E-state index in [1.165, 1.54) is 48.7 Å². The molecule has 4 unspecified atom stereocenters. The van der Waals surface area contributed by atoms with Crippen LogP contribution >= 0.6 is 47.0 Å². The van der Waals surface area contributed by atoms with Crippen LogP contribution < -0.4 is 0 Å². The summed E-state index contributed by atoms with van der Waals surface area (Å²) in [4.78, 5) is 0. The van der Waals surface area contributed by atoms with Gasteiger partial charge in [-0.1, -0.05) is 25.7 Å². The zero-order valence-corrected chi connectivity index (χ0v) is 20.7. The Kier molecular flexibility index (Phi) is 18.7. The van der Waals surface area contributed by atoms with Crippen molar-refractivity contribution in [2.45, 2.75) is 44.0 Å². The summed E-state index contributed by atoms with van der Waals surface area (Å²) < 4.78 is 2.26. The number of thioether (sulfide) groups is 4. The molecule has 4 atom stereocenters. The molecule has 9 heteroatoms. The van der Waals surface area contributed by atoms with Gasteiger partial charge in [-0.3, -0.25) is 0 Å². The van der Waals surface area contributed by atoms with Crippen molar-refractivity contribution < 1.29 is 26.2 Å². The van der Waals surface area contributed by atoms with E-state index in [0.717, 1.165) is 0 Å². The summed E-state index contributed by atoms with van der Waals surface area (Å²) in [6, 6.07) is 0. The second kappa shape index (κ2) is 15.9. The molecule has 4 aliphatic rings. The summed E-state index contributed by atoms with van der Waals surface area (Å²) in [5.74, 6) is 5.20. The monoisotopic (exact) mass is 510 g/mol. The van der Waals surface area contributed by atoms with Gasteiger partial charge in [0.15, 0.2) is 0 Å². The molecule has 0 saturated carbocycles. The second-order valence-corrected chi connectivity index (χ2v) is 13.1. The molecular formula is C12H20S8Zr. The molecule has 4 saturated heterocycles. The Bertz CT molecular complexity index is 181. The summed E-state index contributed by atoms with van der Waals surface area (Å²) in [5.41, 5.74) is 0. The van der Waals surface area contributed by atoms with E-state index >= 15 is 0 Å². The molecule has 0 amide bonds. The van der Waals surface area contributed by atoms with E-state index in [9.17, 15) is 0 Å². The molecule has 0 aliphatic carbocycles. The summed E-state index contributed by atoms with van der Waals surface area (Å²) >= 11 is 26.8. The first kappa shape index (κ1) is 24.7. The quantitative estimate of drug-likeness (QED) is 0.442. The summed E-state index contributed by atoms with van der Waals surface area (Å²) in [6.07, 6.45) is 5.06. The Morgan fingerprint density at radius 1 is 0.476 bits per heavy atom. The Hall–Kier alpha value is 3.68. The third kappa shape index (κ3) is 14.5. The number of hydrogen-bond donors (Lipinski definition) is 0. The van der Waals surface area contributed by atoms with Crippen LogP contribution in [0.4, 0.5) is 0 Å². The van der Waals surface area contributed by atoms with Gasteiger partial charge in [0.1, 0.15) is 0 Å². The minimum Gasteiger partial charge on any atom is -0.779 e. The van der Waals surface area contributed by atoms with Gasteiger partial charge in [0.05, 0.1) is 0 Å². The fourth-order valence-electron chi connectivity index (χ4n) is 0.856. The van der Waals surface area contributed by atoms with Gasteiger partial charge in [-0.15, -0.1) is 18.3 Å². The molecule has 120 valence electrons. The molecule has 4 rings (SSSR count). The third-order valence-corrected chi connectivity index (χ3v) is 9.52. The van der Waals surface area contributed by atoms with Gasteiger partial charge in [-0.25, -0.2) is 0 Å². The number of hydrogen-bond acceptors (Lipinski definition) is 8. The summed E-state index contributed by atoms with van der Waals surface area (Å²) in [5, 5.41) is 0. The molecule has 0 spiro atoms. The molecule has 4 fully saturated rings. The van der Waals surface area contributed by atoms with E-state index in [-0.39, 0.29) is 26.2 Å². The molecule has 0 N–H and O–H groups in total. The summed E-state index contributed by atoms with van der Waals surface area (Å²) in [7, 11) is 0. The molecule has 0 bridgehead atoms. The topological polar surface area (TPSA) is 0 Å². The maximum atomic E-state index is 4.83. The molecule has 0 aromatic heterocycles. The van der Waals surface area contributed by atoms with Crippen molar-refractivity contribution in [1.82, 2.24) is 0 Å². The molecule has 0 radical (unpaired) electrons. The molecule has 21 heavy (non-hydrogen) atoms. The Morgan fingerprint density at radius 3 is 0.571 bits per heavy atom. The molecule has 4 aliphatic heterocycles. The van der Waals surface area contributed by atoms with Crippen LogP contribution in [0.1, 0.15) is 25.7 Å². The van der Waals surface area contributed by atoms with E-state index in [1.807, 2.05) is 47.0 Å². The minimum absolute atomic E-state index is 0. The Labute approximate surface area is 188 Å². The van der Waals surface area contributed by atoms with E-state index in [0.29, 0.717) is 18.3 Å². The van der Waals surface area contributed by atoms with Crippen LogP contribution in [0.3, 0.4) is 0 Å². The Balaban J connectivity index is 0.000000250. The van der Waals surface area contributed by atoms with Gasteiger partial charge in [0, 0.05) is 0 Å². The van der Waals surface area contributed by atoms with Gasteiger partial charge < -0.3 is 50.5 Å². The van der Waals surface area contributed by atoms with Gasteiger partial charge in [-0.2, -0.15) is 47.0 Å². The molecule has 0 aromatic carbocycles. The molecule has 0 nitrogen and oxygen atoms in total. The van der Waals surface area contributed by atoms with E-state index in [2.05, 4.69) is 0 Å². The predicted molar refractivity (Wildman–Crippen MR) is 113 cm³/mol. The second-order valence-electron chi connectivity index (χ2n) is 4.36. The van der Waals surface area contributed by atoms with Crippen LogP contribution in [-0.2, 0) is 76.7 Å². The molecule has 0 aromatic rings. The van der Waals surface area contributed by atoms with Crippen LogP contribution in [0.5, 0.6) is 0 Å². The fraction of sp³-hybridized carbons (Fsp3) is 1.00. The molecular weight excluding hydrogens is 492 g/mol. The van der Waals surface area contributed by atoms with Crippen molar-refractivity contribution in [3.63, 3.8) is 0 Å². The first-order valence-electron chi connectivity index (χ1n) is 6.67. The van der Waals surface area contributed by atoms with E-state index in [4.69, 9.17) is 50.5 Å². The standard InChI is InChI=1S/4C3H6S2.Zr/c4*4-3-1-2-5-3;/h4*3-4H,1-2H2;/q;;;;+4/p-4. The van der Waals surface area contributed by atoms with Gasteiger partial charge in [0.2, 0.25) is 0 Å².